The van der Waals surface area contributed by atoms with Gasteiger partial charge in [-0.05, 0) is 87.0 Å². The van der Waals surface area contributed by atoms with Gasteiger partial charge in [0.1, 0.15) is 17.5 Å². The van der Waals surface area contributed by atoms with Gasteiger partial charge in [0.25, 0.3) is 11.8 Å². The number of ether oxygens (including phenoxy) is 2. The number of carbonyl (C=O) groups is 2. The molecular formula is C28H32N4O6S. The molecule has 2 N–H and O–H groups in total. The molecule has 3 aromatic carbocycles. The summed E-state index contributed by atoms with van der Waals surface area (Å²) >= 11 is 0. The minimum absolute atomic E-state index is 0.152. The summed E-state index contributed by atoms with van der Waals surface area (Å²) in [7, 11) is -3.76. The Labute approximate surface area is 228 Å². The van der Waals surface area contributed by atoms with Crippen LogP contribution in [-0.4, -0.2) is 52.0 Å². The molecule has 0 fully saturated rings. The average Bonchev–Trinajstić information content (AvgIpc) is 2.90. The first-order valence-electron chi connectivity index (χ1n) is 12.2. The van der Waals surface area contributed by atoms with Crippen LogP contribution in [0.5, 0.6) is 11.5 Å². The van der Waals surface area contributed by atoms with Gasteiger partial charge in [-0.15, -0.1) is 0 Å². The largest absolute Gasteiger partial charge is 0.494 e. The fourth-order valence-electron chi connectivity index (χ4n) is 3.56. The van der Waals surface area contributed by atoms with Crippen LogP contribution < -0.4 is 24.5 Å². The van der Waals surface area contributed by atoms with Crippen LogP contribution in [0.1, 0.15) is 25.0 Å². The number of carbonyl (C=O) groups excluding carboxylic acids is 2. The highest BCUT2D eigenvalue weighted by Crippen LogP contribution is 2.24. The van der Waals surface area contributed by atoms with Crippen LogP contribution in [0.3, 0.4) is 0 Å². The Bertz CT molecular complexity index is 1390. The molecule has 0 aliphatic heterocycles. The second-order valence-corrected chi connectivity index (χ2v) is 10.5. The molecule has 10 nitrogen and oxygen atoms in total. The van der Waals surface area contributed by atoms with Crippen molar-refractivity contribution in [1.29, 1.82) is 0 Å². The maximum atomic E-state index is 12.7. The van der Waals surface area contributed by atoms with Gasteiger partial charge in [0.15, 0.2) is 6.61 Å². The van der Waals surface area contributed by atoms with Crippen molar-refractivity contribution in [2.75, 3.05) is 29.1 Å². The van der Waals surface area contributed by atoms with Crippen molar-refractivity contribution in [3.63, 3.8) is 0 Å². The van der Waals surface area contributed by atoms with E-state index in [0.717, 1.165) is 16.1 Å². The molecule has 1 unspecified atom stereocenters. The Hall–Kier alpha value is -4.38. The van der Waals surface area contributed by atoms with E-state index in [1.807, 2.05) is 38.1 Å². The van der Waals surface area contributed by atoms with Crippen molar-refractivity contribution in [3.05, 3.63) is 83.9 Å². The SMILES string of the molecule is CCOc1ccc(N(C(C)C(=O)N/N=C/c2ccc(OCC(=O)Nc3ccc(C)cc3)cc2)S(C)(=O)=O)cc1. The number of nitrogens with one attached hydrogen (secondary N) is 2. The van der Waals surface area contributed by atoms with Gasteiger partial charge in [-0.3, -0.25) is 13.9 Å². The minimum Gasteiger partial charge on any atom is -0.494 e. The zero-order chi connectivity index (χ0) is 28.4. The second kappa shape index (κ2) is 13.4. The Balaban J connectivity index is 1.53. The highest BCUT2D eigenvalue weighted by molar-refractivity contribution is 7.92. The number of sulfonamides is 1. The monoisotopic (exact) mass is 552 g/mol. The van der Waals surface area contributed by atoms with Crippen molar-refractivity contribution >= 4 is 39.4 Å². The van der Waals surface area contributed by atoms with Crippen LogP contribution in [0, 0.1) is 6.92 Å². The molecule has 0 radical (unpaired) electrons. The molecule has 2 amide bonds. The molecule has 39 heavy (non-hydrogen) atoms. The number of rotatable bonds is 12. The van der Waals surface area contributed by atoms with Crippen molar-refractivity contribution in [2.45, 2.75) is 26.8 Å². The Kier molecular flexibility index (Phi) is 10.0. The van der Waals surface area contributed by atoms with E-state index < -0.39 is 22.0 Å². The van der Waals surface area contributed by atoms with E-state index in [-0.39, 0.29) is 12.5 Å². The lowest BCUT2D eigenvalue weighted by Crippen LogP contribution is -2.46. The number of benzene rings is 3. The number of anilines is 2. The van der Waals surface area contributed by atoms with Crippen LogP contribution in [0.2, 0.25) is 0 Å². The number of nitrogens with zero attached hydrogens (tertiary/aromatic N) is 2. The predicted molar refractivity (Wildman–Crippen MR) is 152 cm³/mol. The van der Waals surface area contributed by atoms with Crippen LogP contribution in [0.25, 0.3) is 0 Å². The highest BCUT2D eigenvalue weighted by Gasteiger charge is 2.29. The lowest BCUT2D eigenvalue weighted by molar-refractivity contribution is -0.121. The number of aryl methyl sites for hydroxylation is 1. The summed E-state index contributed by atoms with van der Waals surface area (Å²) in [5, 5.41) is 6.71. The molecule has 3 rings (SSSR count). The van der Waals surface area contributed by atoms with Gasteiger partial charge in [-0.2, -0.15) is 5.10 Å². The normalized spacial score (nSPS) is 12.0. The van der Waals surface area contributed by atoms with E-state index in [1.54, 1.807) is 48.5 Å². The smallest absolute Gasteiger partial charge is 0.263 e. The zero-order valence-electron chi connectivity index (χ0n) is 22.2. The molecular weight excluding hydrogens is 520 g/mol. The third-order valence-electron chi connectivity index (χ3n) is 5.46. The van der Waals surface area contributed by atoms with Crippen LogP contribution in [0.15, 0.2) is 77.9 Å². The summed E-state index contributed by atoms with van der Waals surface area (Å²) in [5.74, 6) is 0.196. The molecule has 0 aliphatic rings. The van der Waals surface area contributed by atoms with Gasteiger partial charge in [-0.1, -0.05) is 17.7 Å². The summed E-state index contributed by atoms with van der Waals surface area (Å²) in [6.45, 7) is 5.62. The molecule has 0 heterocycles. The average molecular weight is 553 g/mol. The fraction of sp³-hybridized carbons (Fsp3) is 0.250. The molecule has 11 heteroatoms. The van der Waals surface area contributed by atoms with E-state index in [0.29, 0.717) is 35.0 Å². The maximum absolute atomic E-state index is 12.7. The first-order valence-corrected chi connectivity index (χ1v) is 14.1. The lowest BCUT2D eigenvalue weighted by Gasteiger charge is -2.27. The predicted octanol–water partition coefficient (Wildman–Crippen LogP) is 3.72. The summed E-state index contributed by atoms with van der Waals surface area (Å²) < 4.78 is 36.8. The Morgan fingerprint density at radius 2 is 1.54 bits per heavy atom. The standard InChI is InChI=1S/C28H32N4O6S/c1-5-37-25-16-12-24(13-17-25)32(39(4,35)36)21(3)28(34)31-29-18-22-8-14-26(15-9-22)38-19-27(33)30-23-10-6-20(2)7-11-23/h6-18,21H,5,19H2,1-4H3,(H,30,33)(H,31,34)/b29-18+. The van der Waals surface area contributed by atoms with Gasteiger partial charge in [0, 0.05) is 5.69 Å². The molecule has 206 valence electrons. The number of amides is 2. The first-order chi connectivity index (χ1) is 18.6. The summed E-state index contributed by atoms with van der Waals surface area (Å²) in [5.41, 5.74) is 5.16. The van der Waals surface area contributed by atoms with E-state index >= 15 is 0 Å². The minimum atomic E-state index is -3.76. The van der Waals surface area contributed by atoms with E-state index in [9.17, 15) is 18.0 Å². The van der Waals surface area contributed by atoms with E-state index in [2.05, 4.69) is 15.8 Å². The maximum Gasteiger partial charge on any atom is 0.263 e. The summed E-state index contributed by atoms with van der Waals surface area (Å²) in [6, 6.07) is 19.6. The molecule has 3 aromatic rings. The van der Waals surface area contributed by atoms with E-state index in [4.69, 9.17) is 9.47 Å². The van der Waals surface area contributed by atoms with Gasteiger partial charge >= 0.3 is 0 Å². The van der Waals surface area contributed by atoms with Crippen LogP contribution in [0.4, 0.5) is 11.4 Å². The van der Waals surface area contributed by atoms with Gasteiger partial charge in [0.2, 0.25) is 10.0 Å². The molecule has 0 saturated heterocycles. The van der Waals surface area contributed by atoms with Crippen LogP contribution in [-0.2, 0) is 19.6 Å². The molecule has 0 bridgehead atoms. The fourth-order valence-corrected chi connectivity index (χ4v) is 4.74. The van der Waals surface area contributed by atoms with Crippen molar-refractivity contribution in [1.82, 2.24) is 5.43 Å². The van der Waals surface area contributed by atoms with E-state index in [1.165, 1.54) is 13.1 Å². The third kappa shape index (κ3) is 8.85. The Morgan fingerprint density at radius 3 is 2.13 bits per heavy atom. The van der Waals surface area contributed by atoms with Gasteiger partial charge < -0.3 is 14.8 Å². The third-order valence-corrected chi connectivity index (χ3v) is 6.71. The molecule has 0 aromatic heterocycles. The molecule has 0 aliphatic carbocycles. The topological polar surface area (TPSA) is 126 Å². The first kappa shape index (κ1) is 29.2. The summed E-state index contributed by atoms with van der Waals surface area (Å²) in [6.07, 6.45) is 2.45. The number of hydrogen-bond donors (Lipinski definition) is 2. The van der Waals surface area contributed by atoms with Crippen molar-refractivity contribution in [2.24, 2.45) is 5.10 Å². The van der Waals surface area contributed by atoms with Crippen LogP contribution >= 0.6 is 0 Å². The quantitative estimate of drug-likeness (QED) is 0.261. The Morgan fingerprint density at radius 1 is 0.949 bits per heavy atom. The van der Waals surface area contributed by atoms with Gasteiger partial charge in [-0.25, -0.2) is 13.8 Å². The van der Waals surface area contributed by atoms with Crippen molar-refractivity contribution in [3.8, 4) is 11.5 Å². The molecule has 0 spiro atoms. The zero-order valence-corrected chi connectivity index (χ0v) is 23.1. The lowest BCUT2D eigenvalue weighted by atomic mass is 10.2. The van der Waals surface area contributed by atoms with Gasteiger partial charge in [0.05, 0.1) is 24.8 Å². The molecule has 0 saturated carbocycles. The van der Waals surface area contributed by atoms with Crippen molar-refractivity contribution < 1.29 is 27.5 Å². The molecule has 1 atom stereocenters. The number of hydrogen-bond acceptors (Lipinski definition) is 7. The summed E-state index contributed by atoms with van der Waals surface area (Å²) in [4.78, 5) is 24.8. The highest BCUT2D eigenvalue weighted by atomic mass is 32.2. The number of hydrazone groups is 1. The second-order valence-electron chi connectivity index (χ2n) is 8.67.